The Balaban J connectivity index is 1.44. The van der Waals surface area contributed by atoms with Crippen molar-refractivity contribution in [3.05, 3.63) is 66.2 Å². The lowest BCUT2D eigenvalue weighted by Gasteiger charge is -2.36. The van der Waals surface area contributed by atoms with Crippen LogP contribution in [-0.4, -0.2) is 50.0 Å². The van der Waals surface area contributed by atoms with E-state index < -0.39 is 0 Å². The number of rotatable bonds is 5. The molecule has 1 N–H and O–H groups in total. The summed E-state index contributed by atoms with van der Waals surface area (Å²) in [5.74, 6) is 0.552. The van der Waals surface area contributed by atoms with E-state index in [1.54, 1.807) is 7.11 Å². The maximum absolute atomic E-state index is 12.9. The van der Waals surface area contributed by atoms with Gasteiger partial charge in [-0.3, -0.25) is 9.59 Å². The van der Waals surface area contributed by atoms with E-state index in [9.17, 15) is 9.59 Å². The van der Waals surface area contributed by atoms with E-state index in [-0.39, 0.29) is 11.8 Å². The van der Waals surface area contributed by atoms with Crippen LogP contribution in [0.3, 0.4) is 0 Å². The van der Waals surface area contributed by atoms with Gasteiger partial charge in [0, 0.05) is 44.0 Å². The van der Waals surface area contributed by atoms with Crippen molar-refractivity contribution >= 4 is 34.0 Å². The molecule has 0 aromatic heterocycles. The summed E-state index contributed by atoms with van der Waals surface area (Å²) in [4.78, 5) is 28.9. The van der Waals surface area contributed by atoms with E-state index in [0.717, 1.165) is 48.3 Å². The fraction of sp³-hybridized carbons (Fsp3) is 0.280. The Morgan fingerprint density at radius 3 is 2.19 bits per heavy atom. The highest BCUT2D eigenvalue weighted by Crippen LogP contribution is 2.27. The molecule has 0 spiro atoms. The standard InChI is InChI=1S/C25H27N3O3/c1-3-24(29)28-14-12-27(13-15-28)21-10-8-20(9-11-21)26-25(30)22-16-18-6-4-5-7-19(18)17-23(22)31-2/h4-11,16-17H,3,12-15H2,1-2H3,(H,26,30). The van der Waals surface area contributed by atoms with Gasteiger partial charge in [-0.15, -0.1) is 0 Å². The molecule has 1 heterocycles. The minimum Gasteiger partial charge on any atom is -0.496 e. The number of carbonyl (C=O) groups excluding carboxylic acids is 2. The predicted octanol–water partition coefficient (Wildman–Crippen LogP) is 4.16. The number of piperazine rings is 1. The van der Waals surface area contributed by atoms with Crippen LogP contribution in [0, 0.1) is 0 Å². The fourth-order valence-electron chi connectivity index (χ4n) is 3.96. The molecule has 4 rings (SSSR count). The Labute approximate surface area is 182 Å². The van der Waals surface area contributed by atoms with Crippen LogP contribution in [0.15, 0.2) is 60.7 Å². The summed E-state index contributed by atoms with van der Waals surface area (Å²) in [5.41, 5.74) is 2.32. The average molecular weight is 418 g/mol. The van der Waals surface area contributed by atoms with Crippen molar-refractivity contribution in [1.29, 1.82) is 0 Å². The highest BCUT2D eigenvalue weighted by Gasteiger charge is 2.20. The molecular weight excluding hydrogens is 390 g/mol. The third kappa shape index (κ3) is 4.48. The summed E-state index contributed by atoms with van der Waals surface area (Å²) in [5, 5.41) is 4.99. The summed E-state index contributed by atoms with van der Waals surface area (Å²) < 4.78 is 5.45. The van der Waals surface area contributed by atoms with Crippen molar-refractivity contribution in [3.63, 3.8) is 0 Å². The lowest BCUT2D eigenvalue weighted by molar-refractivity contribution is -0.131. The first-order valence-electron chi connectivity index (χ1n) is 10.6. The van der Waals surface area contributed by atoms with Gasteiger partial charge in [0.15, 0.2) is 0 Å². The number of hydrogen-bond acceptors (Lipinski definition) is 4. The van der Waals surface area contributed by atoms with Crippen molar-refractivity contribution < 1.29 is 14.3 Å². The maximum atomic E-state index is 12.9. The van der Waals surface area contributed by atoms with Gasteiger partial charge in [-0.1, -0.05) is 31.2 Å². The van der Waals surface area contributed by atoms with E-state index in [2.05, 4.69) is 10.2 Å². The van der Waals surface area contributed by atoms with Crippen LogP contribution in [0.1, 0.15) is 23.7 Å². The van der Waals surface area contributed by atoms with Crippen molar-refractivity contribution in [3.8, 4) is 5.75 Å². The minimum atomic E-state index is -0.206. The number of nitrogens with one attached hydrogen (secondary N) is 1. The van der Waals surface area contributed by atoms with E-state index >= 15 is 0 Å². The molecule has 0 aliphatic carbocycles. The summed E-state index contributed by atoms with van der Waals surface area (Å²) in [6, 6.07) is 19.5. The molecule has 1 saturated heterocycles. The number of benzene rings is 3. The monoisotopic (exact) mass is 417 g/mol. The van der Waals surface area contributed by atoms with Gasteiger partial charge in [0.25, 0.3) is 5.91 Å². The summed E-state index contributed by atoms with van der Waals surface area (Å²) in [6.07, 6.45) is 0.552. The van der Waals surface area contributed by atoms with E-state index in [4.69, 9.17) is 4.74 Å². The Hall–Kier alpha value is -3.54. The first kappa shape index (κ1) is 20.7. The molecule has 0 bridgehead atoms. The van der Waals surface area contributed by atoms with Crippen molar-refractivity contribution in [1.82, 2.24) is 4.90 Å². The van der Waals surface area contributed by atoms with Crippen LogP contribution in [-0.2, 0) is 4.79 Å². The van der Waals surface area contributed by atoms with Gasteiger partial charge in [0.2, 0.25) is 5.91 Å². The maximum Gasteiger partial charge on any atom is 0.259 e. The lowest BCUT2D eigenvalue weighted by atomic mass is 10.1. The van der Waals surface area contributed by atoms with Gasteiger partial charge in [-0.2, -0.15) is 0 Å². The van der Waals surface area contributed by atoms with E-state index in [0.29, 0.717) is 17.7 Å². The van der Waals surface area contributed by atoms with Crippen LogP contribution in [0.2, 0.25) is 0 Å². The molecule has 6 heteroatoms. The van der Waals surface area contributed by atoms with Gasteiger partial charge in [0.1, 0.15) is 5.75 Å². The van der Waals surface area contributed by atoms with Crippen LogP contribution in [0.4, 0.5) is 11.4 Å². The summed E-state index contributed by atoms with van der Waals surface area (Å²) in [6.45, 7) is 5.01. The van der Waals surface area contributed by atoms with Crippen molar-refractivity contribution in [2.24, 2.45) is 0 Å². The molecule has 1 aliphatic rings. The number of methoxy groups -OCH3 is 1. The Morgan fingerprint density at radius 1 is 0.935 bits per heavy atom. The number of ether oxygens (including phenoxy) is 1. The first-order valence-corrected chi connectivity index (χ1v) is 10.6. The zero-order valence-electron chi connectivity index (χ0n) is 17.9. The first-order chi connectivity index (χ1) is 15.1. The predicted molar refractivity (Wildman–Crippen MR) is 124 cm³/mol. The number of fused-ring (bicyclic) bond motifs is 1. The van der Waals surface area contributed by atoms with Gasteiger partial charge in [-0.05, 0) is 47.2 Å². The number of hydrogen-bond donors (Lipinski definition) is 1. The van der Waals surface area contributed by atoms with Crippen molar-refractivity contribution in [2.45, 2.75) is 13.3 Å². The number of nitrogens with zero attached hydrogens (tertiary/aromatic N) is 2. The summed E-state index contributed by atoms with van der Waals surface area (Å²) >= 11 is 0. The zero-order chi connectivity index (χ0) is 21.8. The topological polar surface area (TPSA) is 61.9 Å². The molecule has 0 unspecified atom stereocenters. The SMILES string of the molecule is CCC(=O)N1CCN(c2ccc(NC(=O)c3cc4ccccc4cc3OC)cc2)CC1. The van der Waals surface area contributed by atoms with Gasteiger partial charge < -0.3 is 19.9 Å². The second kappa shape index (κ2) is 9.08. The van der Waals surface area contributed by atoms with Crippen molar-refractivity contribution in [2.75, 3.05) is 43.5 Å². The molecule has 160 valence electrons. The quantitative estimate of drug-likeness (QED) is 0.677. The zero-order valence-corrected chi connectivity index (χ0v) is 17.9. The van der Waals surface area contributed by atoms with E-state index in [1.807, 2.05) is 72.5 Å². The normalized spacial score (nSPS) is 13.9. The second-order valence-electron chi connectivity index (χ2n) is 7.62. The highest BCUT2D eigenvalue weighted by molar-refractivity contribution is 6.08. The van der Waals surface area contributed by atoms with Crippen LogP contribution < -0.4 is 15.0 Å². The van der Waals surface area contributed by atoms with Gasteiger partial charge in [0.05, 0.1) is 12.7 Å². The number of anilines is 2. The third-order valence-corrected chi connectivity index (χ3v) is 5.74. The molecule has 6 nitrogen and oxygen atoms in total. The molecule has 1 aliphatic heterocycles. The second-order valence-corrected chi connectivity index (χ2v) is 7.62. The Kier molecular flexibility index (Phi) is 6.07. The summed E-state index contributed by atoms with van der Waals surface area (Å²) in [7, 11) is 1.57. The molecule has 3 aromatic carbocycles. The molecule has 1 fully saturated rings. The highest BCUT2D eigenvalue weighted by atomic mass is 16.5. The molecule has 3 aromatic rings. The number of carbonyl (C=O) groups is 2. The van der Waals surface area contributed by atoms with Crippen LogP contribution >= 0.6 is 0 Å². The molecule has 2 amide bonds. The smallest absolute Gasteiger partial charge is 0.259 e. The third-order valence-electron chi connectivity index (χ3n) is 5.74. The molecular formula is C25H27N3O3. The minimum absolute atomic E-state index is 0.206. The van der Waals surface area contributed by atoms with Crippen LogP contribution in [0.25, 0.3) is 10.8 Å². The average Bonchev–Trinajstić information content (AvgIpc) is 2.83. The number of amides is 2. The Bertz CT molecular complexity index is 1090. The van der Waals surface area contributed by atoms with Gasteiger partial charge in [-0.25, -0.2) is 0 Å². The fourth-order valence-corrected chi connectivity index (χ4v) is 3.96. The molecule has 31 heavy (non-hydrogen) atoms. The van der Waals surface area contributed by atoms with Crippen LogP contribution in [0.5, 0.6) is 5.75 Å². The molecule has 0 atom stereocenters. The Morgan fingerprint density at radius 2 is 1.58 bits per heavy atom. The molecule has 0 saturated carbocycles. The van der Waals surface area contributed by atoms with Gasteiger partial charge >= 0.3 is 0 Å². The lowest BCUT2D eigenvalue weighted by Crippen LogP contribution is -2.48. The molecule has 0 radical (unpaired) electrons. The largest absolute Gasteiger partial charge is 0.496 e. The van der Waals surface area contributed by atoms with E-state index in [1.165, 1.54) is 0 Å².